The van der Waals surface area contributed by atoms with E-state index < -0.39 is 0 Å². The van der Waals surface area contributed by atoms with Gasteiger partial charge in [-0.15, -0.1) is 0 Å². The predicted molar refractivity (Wildman–Crippen MR) is 63.8 cm³/mol. The molecule has 1 unspecified atom stereocenters. The lowest BCUT2D eigenvalue weighted by atomic mass is 9.80. The van der Waals surface area contributed by atoms with Gasteiger partial charge in [0.2, 0.25) is 0 Å². The molecule has 0 amide bonds. The van der Waals surface area contributed by atoms with Crippen molar-refractivity contribution in [3.05, 3.63) is 35.4 Å². The molecule has 1 fully saturated rings. The number of hydrogen-bond donors (Lipinski definition) is 2. The highest BCUT2D eigenvalue weighted by Gasteiger charge is 2.32. The average molecular weight is 204 g/mol. The monoisotopic (exact) mass is 204 g/mol. The van der Waals surface area contributed by atoms with Crippen LogP contribution in [0.4, 0.5) is 0 Å². The lowest BCUT2D eigenvalue weighted by Crippen LogP contribution is -2.51. The molecule has 0 spiro atoms. The molecule has 0 bridgehead atoms. The largest absolute Gasteiger partial charge is 0.328 e. The third-order valence-electron chi connectivity index (χ3n) is 3.50. The number of piperidine rings is 1. The second-order valence-corrected chi connectivity index (χ2v) is 4.49. The molecule has 1 aromatic rings. The summed E-state index contributed by atoms with van der Waals surface area (Å²) in [5, 5.41) is 3.61. The zero-order valence-corrected chi connectivity index (χ0v) is 9.42. The Bertz CT molecular complexity index is 327. The van der Waals surface area contributed by atoms with Gasteiger partial charge in [0.25, 0.3) is 0 Å². The van der Waals surface area contributed by atoms with E-state index in [1.807, 2.05) is 0 Å². The molecule has 82 valence electrons. The average Bonchev–Trinajstić information content (AvgIpc) is 2.30. The van der Waals surface area contributed by atoms with Crippen LogP contribution in [0.5, 0.6) is 0 Å². The Kier molecular flexibility index (Phi) is 3.08. The van der Waals surface area contributed by atoms with E-state index in [2.05, 4.69) is 36.5 Å². The molecule has 1 aliphatic rings. The normalized spacial score (nSPS) is 26.5. The third-order valence-corrected chi connectivity index (χ3v) is 3.50. The van der Waals surface area contributed by atoms with Gasteiger partial charge in [-0.25, -0.2) is 0 Å². The highest BCUT2D eigenvalue weighted by atomic mass is 15.0. The van der Waals surface area contributed by atoms with Gasteiger partial charge in [0.1, 0.15) is 0 Å². The first-order chi connectivity index (χ1) is 7.28. The first-order valence-electron chi connectivity index (χ1n) is 5.80. The maximum atomic E-state index is 5.98. The molecule has 2 rings (SSSR count). The lowest BCUT2D eigenvalue weighted by Gasteiger charge is -2.39. The smallest absolute Gasteiger partial charge is 0.0561 e. The van der Waals surface area contributed by atoms with Gasteiger partial charge in [-0.2, -0.15) is 0 Å². The van der Waals surface area contributed by atoms with Crippen LogP contribution in [0.25, 0.3) is 0 Å². The molecule has 3 N–H and O–H groups in total. The van der Waals surface area contributed by atoms with Crippen molar-refractivity contribution in [2.75, 3.05) is 13.1 Å². The van der Waals surface area contributed by atoms with Crippen LogP contribution in [0, 0.1) is 6.92 Å². The van der Waals surface area contributed by atoms with E-state index in [0.29, 0.717) is 6.54 Å². The van der Waals surface area contributed by atoms with Crippen molar-refractivity contribution < 1.29 is 0 Å². The first kappa shape index (κ1) is 10.7. The molecular formula is C13H20N2. The highest BCUT2D eigenvalue weighted by Crippen LogP contribution is 2.31. The van der Waals surface area contributed by atoms with Crippen LogP contribution < -0.4 is 11.1 Å². The number of aryl methyl sites for hydroxylation is 1. The number of hydrogen-bond acceptors (Lipinski definition) is 2. The van der Waals surface area contributed by atoms with Crippen LogP contribution in [-0.4, -0.2) is 13.1 Å². The van der Waals surface area contributed by atoms with E-state index in [4.69, 9.17) is 5.73 Å². The fourth-order valence-corrected chi connectivity index (χ4v) is 2.59. The molecule has 1 aliphatic heterocycles. The summed E-state index contributed by atoms with van der Waals surface area (Å²) in [6.07, 6.45) is 3.71. The quantitative estimate of drug-likeness (QED) is 0.772. The maximum absolute atomic E-state index is 5.98. The Morgan fingerprint density at radius 2 is 2.13 bits per heavy atom. The molecule has 1 heterocycles. The van der Waals surface area contributed by atoms with Gasteiger partial charge in [-0.3, -0.25) is 0 Å². The van der Waals surface area contributed by atoms with Crippen molar-refractivity contribution in [1.29, 1.82) is 0 Å². The van der Waals surface area contributed by atoms with Gasteiger partial charge >= 0.3 is 0 Å². The molecule has 1 saturated heterocycles. The zero-order valence-electron chi connectivity index (χ0n) is 9.42. The lowest BCUT2D eigenvalue weighted by molar-refractivity contribution is 0.264. The van der Waals surface area contributed by atoms with Crippen LogP contribution in [0.3, 0.4) is 0 Å². The minimum atomic E-state index is 0.0313. The molecule has 2 heteroatoms. The summed E-state index contributed by atoms with van der Waals surface area (Å²) < 4.78 is 0. The number of benzene rings is 1. The van der Waals surface area contributed by atoms with E-state index in [0.717, 1.165) is 13.0 Å². The summed E-state index contributed by atoms with van der Waals surface area (Å²) in [7, 11) is 0. The summed E-state index contributed by atoms with van der Waals surface area (Å²) in [6.45, 7) is 3.95. The summed E-state index contributed by atoms with van der Waals surface area (Å²) in [6, 6.07) is 8.57. The van der Waals surface area contributed by atoms with Gasteiger partial charge in [0, 0.05) is 6.54 Å². The van der Waals surface area contributed by atoms with Crippen molar-refractivity contribution in [3.8, 4) is 0 Å². The molecule has 0 radical (unpaired) electrons. The van der Waals surface area contributed by atoms with E-state index in [1.165, 1.54) is 24.0 Å². The van der Waals surface area contributed by atoms with E-state index >= 15 is 0 Å². The van der Waals surface area contributed by atoms with E-state index in [9.17, 15) is 0 Å². The molecule has 1 atom stereocenters. The zero-order chi connectivity index (χ0) is 10.7. The van der Waals surface area contributed by atoms with Crippen LogP contribution in [-0.2, 0) is 5.54 Å². The fraction of sp³-hybridized carbons (Fsp3) is 0.538. The van der Waals surface area contributed by atoms with Crippen molar-refractivity contribution >= 4 is 0 Å². The van der Waals surface area contributed by atoms with Crippen LogP contribution >= 0.6 is 0 Å². The highest BCUT2D eigenvalue weighted by molar-refractivity contribution is 5.33. The Morgan fingerprint density at radius 1 is 1.33 bits per heavy atom. The number of nitrogens with one attached hydrogen (secondary N) is 1. The van der Waals surface area contributed by atoms with Crippen molar-refractivity contribution in [2.24, 2.45) is 5.73 Å². The molecule has 2 nitrogen and oxygen atoms in total. The molecule has 0 aliphatic carbocycles. The van der Waals surface area contributed by atoms with Crippen LogP contribution in [0.15, 0.2) is 24.3 Å². The number of nitrogens with two attached hydrogens (primary N) is 1. The van der Waals surface area contributed by atoms with Gasteiger partial charge in [-0.1, -0.05) is 24.3 Å². The predicted octanol–water partition coefficient (Wildman–Crippen LogP) is 1.92. The van der Waals surface area contributed by atoms with Crippen molar-refractivity contribution in [3.63, 3.8) is 0 Å². The van der Waals surface area contributed by atoms with Gasteiger partial charge < -0.3 is 11.1 Å². The maximum Gasteiger partial charge on any atom is 0.0561 e. The Balaban J connectivity index is 2.36. The summed E-state index contributed by atoms with van der Waals surface area (Å²) in [5.41, 5.74) is 8.73. The molecule has 15 heavy (non-hydrogen) atoms. The van der Waals surface area contributed by atoms with E-state index in [-0.39, 0.29) is 5.54 Å². The standard InChI is InChI=1S/C13H20N2/c1-11-6-2-3-7-12(11)13(10-14)8-4-5-9-15-13/h2-3,6-7,15H,4-5,8-10,14H2,1H3. The topological polar surface area (TPSA) is 38.0 Å². The summed E-state index contributed by atoms with van der Waals surface area (Å²) in [4.78, 5) is 0. The molecule has 1 aromatic carbocycles. The number of rotatable bonds is 2. The van der Waals surface area contributed by atoms with E-state index in [1.54, 1.807) is 0 Å². The van der Waals surface area contributed by atoms with Gasteiger partial charge in [-0.05, 0) is 43.9 Å². The van der Waals surface area contributed by atoms with Crippen LogP contribution in [0.2, 0.25) is 0 Å². The SMILES string of the molecule is Cc1ccccc1C1(CN)CCCCN1. The minimum absolute atomic E-state index is 0.0313. The molecule has 0 saturated carbocycles. The Morgan fingerprint density at radius 3 is 2.73 bits per heavy atom. The summed E-state index contributed by atoms with van der Waals surface area (Å²) in [5.74, 6) is 0. The van der Waals surface area contributed by atoms with Gasteiger partial charge in [0.15, 0.2) is 0 Å². The second-order valence-electron chi connectivity index (χ2n) is 4.49. The van der Waals surface area contributed by atoms with Crippen LogP contribution in [0.1, 0.15) is 30.4 Å². The molecular weight excluding hydrogens is 184 g/mol. The first-order valence-corrected chi connectivity index (χ1v) is 5.80. The Labute approximate surface area is 91.9 Å². The minimum Gasteiger partial charge on any atom is -0.328 e. The van der Waals surface area contributed by atoms with Crippen molar-refractivity contribution in [1.82, 2.24) is 5.32 Å². The van der Waals surface area contributed by atoms with Crippen molar-refractivity contribution in [2.45, 2.75) is 31.7 Å². The molecule has 0 aromatic heterocycles. The van der Waals surface area contributed by atoms with Gasteiger partial charge in [0.05, 0.1) is 5.54 Å². The Hall–Kier alpha value is -0.860. The summed E-state index contributed by atoms with van der Waals surface area (Å²) >= 11 is 0. The third kappa shape index (κ3) is 1.92. The fourth-order valence-electron chi connectivity index (χ4n) is 2.59. The second kappa shape index (κ2) is 4.33.